The minimum absolute atomic E-state index is 0.168. The Bertz CT molecular complexity index is 632. The number of ether oxygens (including phenoxy) is 2. The molecule has 0 radical (unpaired) electrons. The van der Waals surface area contributed by atoms with Crippen LogP contribution in [0.5, 0.6) is 11.5 Å². The molecule has 1 saturated heterocycles. The number of hydrogen-bond donors (Lipinski definition) is 0. The molecule has 1 fully saturated rings. The van der Waals surface area contributed by atoms with Crippen molar-refractivity contribution in [2.75, 3.05) is 26.2 Å². The van der Waals surface area contributed by atoms with E-state index in [2.05, 4.69) is 11.8 Å². The molecule has 3 rings (SSSR count). The molecule has 0 spiro atoms. The van der Waals surface area contributed by atoms with Gasteiger partial charge in [-0.1, -0.05) is 29.8 Å². The van der Waals surface area contributed by atoms with Gasteiger partial charge in [-0.05, 0) is 62.7 Å². The average Bonchev–Trinajstić information content (AvgIpc) is 2.58. The summed E-state index contributed by atoms with van der Waals surface area (Å²) < 4.78 is 12.1. The van der Waals surface area contributed by atoms with Crippen LogP contribution in [0, 0.1) is 0 Å². The second-order valence-corrected chi connectivity index (χ2v) is 6.98. The monoisotopic (exact) mass is 345 g/mol. The minimum Gasteiger partial charge on any atom is -0.492 e. The van der Waals surface area contributed by atoms with Crippen LogP contribution in [0.2, 0.25) is 5.02 Å². The van der Waals surface area contributed by atoms with Crippen molar-refractivity contribution in [2.24, 2.45) is 0 Å². The van der Waals surface area contributed by atoms with E-state index in [1.807, 2.05) is 54.6 Å². The third-order valence-corrected chi connectivity index (χ3v) is 4.59. The van der Waals surface area contributed by atoms with Crippen LogP contribution in [0.4, 0.5) is 0 Å². The molecule has 0 N–H and O–H groups in total. The first-order valence-electron chi connectivity index (χ1n) is 8.48. The number of rotatable bonds is 6. The van der Waals surface area contributed by atoms with Crippen molar-refractivity contribution in [1.29, 1.82) is 0 Å². The van der Waals surface area contributed by atoms with Crippen LogP contribution >= 0.6 is 11.6 Å². The Balaban J connectivity index is 1.50. The summed E-state index contributed by atoms with van der Waals surface area (Å²) in [5.74, 6) is 1.80. The van der Waals surface area contributed by atoms with Gasteiger partial charge in [0.25, 0.3) is 0 Å². The molecule has 0 bridgehead atoms. The molecule has 1 aliphatic rings. The molecule has 1 heterocycles. The average molecular weight is 346 g/mol. The van der Waals surface area contributed by atoms with Crippen molar-refractivity contribution in [3.8, 4) is 11.5 Å². The van der Waals surface area contributed by atoms with E-state index in [0.717, 1.165) is 49.0 Å². The first kappa shape index (κ1) is 17.1. The summed E-state index contributed by atoms with van der Waals surface area (Å²) in [7, 11) is 0. The standard InChI is InChI=1S/C20H24ClNO2/c1-20(24-19-10-8-17(21)9-11-19)12-5-13-22(16-20)14-15-23-18-6-3-2-4-7-18/h2-4,6-11H,5,12-16H2,1H3. The number of benzene rings is 2. The molecule has 2 aromatic rings. The second-order valence-electron chi connectivity index (χ2n) is 6.55. The highest BCUT2D eigenvalue weighted by atomic mass is 35.5. The number of likely N-dealkylation sites (tertiary alicyclic amines) is 1. The zero-order chi connectivity index (χ0) is 16.8. The van der Waals surface area contributed by atoms with Gasteiger partial charge >= 0.3 is 0 Å². The zero-order valence-corrected chi connectivity index (χ0v) is 14.8. The molecule has 1 atom stereocenters. The molecule has 0 saturated carbocycles. The fourth-order valence-corrected chi connectivity index (χ4v) is 3.30. The summed E-state index contributed by atoms with van der Waals surface area (Å²) in [5, 5.41) is 0.732. The summed E-state index contributed by atoms with van der Waals surface area (Å²) in [4.78, 5) is 2.42. The number of halogens is 1. The molecule has 24 heavy (non-hydrogen) atoms. The molecule has 0 amide bonds. The van der Waals surface area contributed by atoms with Crippen molar-refractivity contribution < 1.29 is 9.47 Å². The highest BCUT2D eigenvalue weighted by Gasteiger charge is 2.32. The normalized spacial score (nSPS) is 21.4. The summed E-state index contributed by atoms with van der Waals surface area (Å²) in [6.07, 6.45) is 2.20. The number of nitrogens with zero attached hydrogens (tertiary/aromatic N) is 1. The van der Waals surface area contributed by atoms with E-state index in [1.54, 1.807) is 0 Å². The highest BCUT2D eigenvalue weighted by molar-refractivity contribution is 6.30. The number of hydrogen-bond acceptors (Lipinski definition) is 3. The summed E-state index contributed by atoms with van der Waals surface area (Å²) in [6.45, 7) is 5.80. The molecule has 3 nitrogen and oxygen atoms in total. The van der Waals surface area contributed by atoms with Crippen LogP contribution in [0.15, 0.2) is 54.6 Å². The minimum atomic E-state index is -0.168. The predicted octanol–water partition coefficient (Wildman–Crippen LogP) is 4.65. The van der Waals surface area contributed by atoms with E-state index in [9.17, 15) is 0 Å². The van der Waals surface area contributed by atoms with Crippen molar-refractivity contribution in [2.45, 2.75) is 25.4 Å². The lowest BCUT2D eigenvalue weighted by Gasteiger charge is -2.40. The van der Waals surface area contributed by atoms with E-state index in [0.29, 0.717) is 6.61 Å². The topological polar surface area (TPSA) is 21.7 Å². The molecule has 128 valence electrons. The third kappa shape index (κ3) is 4.89. The van der Waals surface area contributed by atoms with Crippen molar-refractivity contribution >= 4 is 11.6 Å². The fraction of sp³-hybridized carbons (Fsp3) is 0.400. The quantitative estimate of drug-likeness (QED) is 0.760. The maximum absolute atomic E-state index is 6.25. The van der Waals surface area contributed by atoms with Gasteiger partial charge in [0.1, 0.15) is 23.7 Å². The van der Waals surface area contributed by atoms with E-state index in [4.69, 9.17) is 21.1 Å². The van der Waals surface area contributed by atoms with Crippen LogP contribution < -0.4 is 9.47 Å². The summed E-state index contributed by atoms with van der Waals surface area (Å²) >= 11 is 5.94. The molecule has 4 heteroatoms. The Morgan fingerprint density at radius 2 is 1.79 bits per heavy atom. The molecule has 1 unspecified atom stereocenters. The van der Waals surface area contributed by atoms with Crippen molar-refractivity contribution in [1.82, 2.24) is 4.90 Å². The van der Waals surface area contributed by atoms with Gasteiger partial charge in [0.2, 0.25) is 0 Å². The van der Waals surface area contributed by atoms with Crippen molar-refractivity contribution in [3.05, 3.63) is 59.6 Å². The Kier molecular flexibility index (Phi) is 5.64. The zero-order valence-electron chi connectivity index (χ0n) is 14.1. The van der Waals surface area contributed by atoms with Crippen molar-refractivity contribution in [3.63, 3.8) is 0 Å². The summed E-state index contributed by atoms with van der Waals surface area (Å²) in [6, 6.07) is 17.6. The molecular weight excluding hydrogens is 322 g/mol. The van der Waals surface area contributed by atoms with Gasteiger partial charge in [-0.25, -0.2) is 0 Å². The van der Waals surface area contributed by atoms with Gasteiger partial charge in [0.05, 0.1) is 0 Å². The fourth-order valence-electron chi connectivity index (χ4n) is 3.18. The SMILES string of the molecule is CC1(Oc2ccc(Cl)cc2)CCCN(CCOc2ccccc2)C1. The molecule has 1 aliphatic heterocycles. The largest absolute Gasteiger partial charge is 0.492 e. The first-order chi connectivity index (χ1) is 11.6. The van der Waals surface area contributed by atoms with E-state index < -0.39 is 0 Å². The molecule has 0 aromatic heterocycles. The maximum Gasteiger partial charge on any atom is 0.120 e. The van der Waals surface area contributed by atoms with Gasteiger partial charge in [-0.15, -0.1) is 0 Å². The first-order valence-corrected chi connectivity index (χ1v) is 8.86. The van der Waals surface area contributed by atoms with Crippen LogP contribution in [0.3, 0.4) is 0 Å². The highest BCUT2D eigenvalue weighted by Crippen LogP contribution is 2.28. The molecular formula is C20H24ClNO2. The lowest BCUT2D eigenvalue weighted by Crippen LogP contribution is -2.50. The Morgan fingerprint density at radius 3 is 2.54 bits per heavy atom. The number of piperidine rings is 1. The van der Waals surface area contributed by atoms with Gasteiger partial charge in [-0.2, -0.15) is 0 Å². The van der Waals surface area contributed by atoms with Gasteiger partial charge in [0, 0.05) is 18.1 Å². The van der Waals surface area contributed by atoms with E-state index in [-0.39, 0.29) is 5.60 Å². The molecule has 2 aromatic carbocycles. The van der Waals surface area contributed by atoms with Gasteiger partial charge in [0.15, 0.2) is 0 Å². The maximum atomic E-state index is 6.25. The van der Waals surface area contributed by atoms with Crippen LogP contribution in [0.25, 0.3) is 0 Å². The van der Waals surface area contributed by atoms with Crippen LogP contribution in [-0.2, 0) is 0 Å². The third-order valence-electron chi connectivity index (χ3n) is 4.34. The van der Waals surface area contributed by atoms with Gasteiger partial charge < -0.3 is 9.47 Å². The lowest BCUT2D eigenvalue weighted by molar-refractivity contribution is 0.00215. The van der Waals surface area contributed by atoms with E-state index in [1.165, 1.54) is 0 Å². The van der Waals surface area contributed by atoms with E-state index >= 15 is 0 Å². The Hall–Kier alpha value is -1.71. The molecule has 0 aliphatic carbocycles. The van der Waals surface area contributed by atoms with Gasteiger partial charge in [-0.3, -0.25) is 4.90 Å². The predicted molar refractivity (Wildman–Crippen MR) is 98.1 cm³/mol. The lowest BCUT2D eigenvalue weighted by atomic mass is 9.94. The summed E-state index contributed by atoms with van der Waals surface area (Å²) in [5.41, 5.74) is -0.168. The Morgan fingerprint density at radius 1 is 1.04 bits per heavy atom. The smallest absolute Gasteiger partial charge is 0.120 e. The second kappa shape index (κ2) is 7.91. The van der Waals surface area contributed by atoms with Crippen LogP contribution in [0.1, 0.15) is 19.8 Å². The Labute approximate surface area is 149 Å². The number of para-hydroxylation sites is 1. The van der Waals surface area contributed by atoms with Crippen LogP contribution in [-0.4, -0.2) is 36.7 Å².